The van der Waals surface area contributed by atoms with Crippen molar-refractivity contribution in [1.29, 1.82) is 0 Å². The van der Waals surface area contributed by atoms with Crippen LogP contribution in [0.4, 0.5) is 0 Å². The molecular weight excluding hydrogens is 370 g/mol. The lowest BCUT2D eigenvalue weighted by Crippen LogP contribution is -2.28. The molecule has 0 aliphatic rings. The van der Waals surface area contributed by atoms with Crippen molar-refractivity contribution >= 4 is 36.0 Å². The summed E-state index contributed by atoms with van der Waals surface area (Å²) in [6, 6.07) is 8.52. The van der Waals surface area contributed by atoms with Crippen LogP contribution in [0, 0.1) is 0 Å². The highest BCUT2D eigenvalue weighted by atomic mass is 35.5. The van der Waals surface area contributed by atoms with Gasteiger partial charge < -0.3 is 10.2 Å². The maximum Gasteiger partial charge on any atom is 0.255 e. The Bertz CT molecular complexity index is 756. The summed E-state index contributed by atoms with van der Waals surface area (Å²) in [6.07, 6.45) is 5.83. The normalized spacial score (nSPS) is 10.4. The van der Waals surface area contributed by atoms with Gasteiger partial charge in [0.25, 0.3) is 11.8 Å². The molecule has 0 aliphatic carbocycles. The van der Waals surface area contributed by atoms with E-state index in [1.54, 1.807) is 54.7 Å². The quantitative estimate of drug-likeness (QED) is 0.532. The number of carbonyl (C=O) groups excluding carboxylic acids is 2. The average Bonchev–Trinajstić information content (AvgIpc) is 2.66. The van der Waals surface area contributed by atoms with E-state index in [0.717, 1.165) is 19.3 Å². The molecule has 5 nitrogen and oxygen atoms in total. The number of hydrogen-bond acceptors (Lipinski definition) is 4. The molecule has 0 atom stereocenters. The van der Waals surface area contributed by atoms with Crippen molar-refractivity contribution < 1.29 is 9.59 Å². The van der Waals surface area contributed by atoms with Crippen LogP contribution in [-0.2, 0) is 0 Å². The Morgan fingerprint density at radius 1 is 1.23 bits per heavy atom. The molecule has 26 heavy (non-hydrogen) atoms. The second kappa shape index (κ2) is 10.2. The molecule has 0 fully saturated rings. The molecule has 138 valence electrons. The summed E-state index contributed by atoms with van der Waals surface area (Å²) in [6.45, 7) is 1.23. The first-order valence-corrected chi connectivity index (χ1v) is 9.24. The Morgan fingerprint density at radius 2 is 2.04 bits per heavy atom. The molecule has 0 saturated heterocycles. The van der Waals surface area contributed by atoms with E-state index in [0.29, 0.717) is 34.1 Å². The molecule has 0 saturated carbocycles. The van der Waals surface area contributed by atoms with Crippen molar-refractivity contribution in [2.75, 3.05) is 20.1 Å². The third kappa shape index (κ3) is 6.04. The number of thiol groups is 1. The first kappa shape index (κ1) is 20.3. The first-order chi connectivity index (χ1) is 12.5. The first-order valence-electron chi connectivity index (χ1n) is 8.41. The van der Waals surface area contributed by atoms with Gasteiger partial charge in [0, 0.05) is 42.4 Å². The largest absolute Gasteiger partial charge is 0.352 e. The predicted octanol–water partition coefficient (Wildman–Crippen LogP) is 3.70. The van der Waals surface area contributed by atoms with E-state index in [1.807, 2.05) is 0 Å². The van der Waals surface area contributed by atoms with Gasteiger partial charge in [0.05, 0.1) is 11.1 Å². The number of hydrogen-bond donors (Lipinski definition) is 2. The third-order valence-corrected chi connectivity index (χ3v) is 4.54. The molecule has 2 amide bonds. The number of aromatic nitrogens is 1. The number of rotatable bonds is 8. The summed E-state index contributed by atoms with van der Waals surface area (Å²) < 4.78 is 0. The Hall–Kier alpha value is -2.05. The molecule has 0 unspecified atom stereocenters. The molecule has 0 spiro atoms. The monoisotopic (exact) mass is 391 g/mol. The van der Waals surface area contributed by atoms with E-state index in [4.69, 9.17) is 11.6 Å². The molecule has 1 N–H and O–H groups in total. The van der Waals surface area contributed by atoms with Gasteiger partial charge in [0.1, 0.15) is 0 Å². The van der Waals surface area contributed by atoms with Crippen LogP contribution < -0.4 is 5.32 Å². The summed E-state index contributed by atoms with van der Waals surface area (Å²) >= 11 is 10.2. The maximum absolute atomic E-state index is 12.2. The third-order valence-electron chi connectivity index (χ3n) is 3.91. The van der Waals surface area contributed by atoms with Crippen molar-refractivity contribution in [1.82, 2.24) is 15.2 Å². The summed E-state index contributed by atoms with van der Waals surface area (Å²) in [5.41, 5.74) is 1.06. The Kier molecular flexibility index (Phi) is 7.94. The number of halogens is 1. The molecule has 2 rings (SSSR count). The van der Waals surface area contributed by atoms with E-state index in [9.17, 15) is 9.59 Å². The van der Waals surface area contributed by atoms with Crippen molar-refractivity contribution in [2.24, 2.45) is 0 Å². The van der Waals surface area contributed by atoms with Crippen molar-refractivity contribution in [3.8, 4) is 0 Å². The zero-order valence-electron chi connectivity index (χ0n) is 14.6. The average molecular weight is 392 g/mol. The molecule has 1 aromatic heterocycles. The molecule has 0 aliphatic heterocycles. The summed E-state index contributed by atoms with van der Waals surface area (Å²) in [7, 11) is 1.78. The van der Waals surface area contributed by atoms with Crippen molar-refractivity contribution in [3.05, 3.63) is 58.9 Å². The number of pyridine rings is 1. The smallest absolute Gasteiger partial charge is 0.255 e. The zero-order valence-corrected chi connectivity index (χ0v) is 16.3. The number of nitrogens with zero attached hydrogens (tertiary/aromatic N) is 2. The standard InChI is InChI=1S/C19H22ClN3O2S/c1-23(19(25)14-6-5-9-21-13-14)11-4-2-3-10-22-18(24)16-12-15(20)7-8-17(16)26/h5-9,12-13,26H,2-4,10-11H2,1H3,(H,22,24). The fourth-order valence-electron chi connectivity index (χ4n) is 2.45. The SMILES string of the molecule is CN(CCCCCNC(=O)c1cc(Cl)ccc1S)C(=O)c1cccnc1. The van der Waals surface area contributed by atoms with Gasteiger partial charge in [-0.15, -0.1) is 12.6 Å². The van der Waals surface area contributed by atoms with Crippen LogP contribution in [-0.4, -0.2) is 41.8 Å². The Labute approximate surface area is 164 Å². The minimum atomic E-state index is -0.179. The lowest BCUT2D eigenvalue weighted by Gasteiger charge is -2.16. The fraction of sp³-hybridized carbons (Fsp3) is 0.316. The number of unbranched alkanes of at least 4 members (excludes halogenated alkanes) is 2. The molecule has 7 heteroatoms. The Balaban J connectivity index is 1.65. The topological polar surface area (TPSA) is 62.3 Å². The molecule has 0 bridgehead atoms. The number of nitrogens with one attached hydrogen (secondary N) is 1. The Morgan fingerprint density at radius 3 is 2.77 bits per heavy atom. The van der Waals surface area contributed by atoms with Gasteiger partial charge in [-0.25, -0.2) is 0 Å². The van der Waals surface area contributed by atoms with Gasteiger partial charge in [-0.1, -0.05) is 11.6 Å². The van der Waals surface area contributed by atoms with Gasteiger partial charge in [-0.2, -0.15) is 0 Å². The van der Waals surface area contributed by atoms with Crippen LogP contribution in [0.15, 0.2) is 47.6 Å². The number of carbonyl (C=O) groups is 2. The van der Waals surface area contributed by atoms with Gasteiger partial charge in [-0.05, 0) is 49.6 Å². The second-order valence-corrected chi connectivity index (χ2v) is 6.86. The van der Waals surface area contributed by atoms with Gasteiger partial charge >= 0.3 is 0 Å². The lowest BCUT2D eigenvalue weighted by atomic mass is 10.2. The predicted molar refractivity (Wildman–Crippen MR) is 106 cm³/mol. The maximum atomic E-state index is 12.2. The van der Waals surface area contributed by atoms with E-state index in [1.165, 1.54) is 0 Å². The molecule has 2 aromatic rings. The summed E-state index contributed by atoms with van der Waals surface area (Å²) in [4.78, 5) is 30.6. The molecule has 1 heterocycles. The van der Waals surface area contributed by atoms with E-state index in [-0.39, 0.29) is 11.8 Å². The van der Waals surface area contributed by atoms with Gasteiger partial charge in [0.2, 0.25) is 0 Å². The van der Waals surface area contributed by atoms with E-state index < -0.39 is 0 Å². The van der Waals surface area contributed by atoms with Crippen LogP contribution in [0.5, 0.6) is 0 Å². The van der Waals surface area contributed by atoms with Crippen LogP contribution in [0.3, 0.4) is 0 Å². The number of benzene rings is 1. The molecule has 0 radical (unpaired) electrons. The molecule has 1 aromatic carbocycles. The van der Waals surface area contributed by atoms with Gasteiger partial charge in [0.15, 0.2) is 0 Å². The zero-order chi connectivity index (χ0) is 18.9. The summed E-state index contributed by atoms with van der Waals surface area (Å²) in [5, 5.41) is 3.38. The second-order valence-electron chi connectivity index (χ2n) is 5.95. The van der Waals surface area contributed by atoms with Gasteiger partial charge in [-0.3, -0.25) is 14.6 Å². The fourth-order valence-corrected chi connectivity index (χ4v) is 2.86. The minimum absolute atomic E-state index is 0.0336. The van der Waals surface area contributed by atoms with Crippen LogP contribution in [0.1, 0.15) is 40.0 Å². The van der Waals surface area contributed by atoms with Crippen LogP contribution >= 0.6 is 24.2 Å². The highest BCUT2D eigenvalue weighted by Crippen LogP contribution is 2.19. The van der Waals surface area contributed by atoms with Crippen molar-refractivity contribution in [3.63, 3.8) is 0 Å². The number of amides is 2. The van der Waals surface area contributed by atoms with Crippen molar-refractivity contribution in [2.45, 2.75) is 24.2 Å². The highest BCUT2D eigenvalue weighted by molar-refractivity contribution is 7.80. The van der Waals surface area contributed by atoms with Crippen LogP contribution in [0.2, 0.25) is 5.02 Å². The van der Waals surface area contributed by atoms with Crippen LogP contribution in [0.25, 0.3) is 0 Å². The van der Waals surface area contributed by atoms with E-state index in [2.05, 4.69) is 22.9 Å². The highest BCUT2D eigenvalue weighted by Gasteiger charge is 2.11. The lowest BCUT2D eigenvalue weighted by molar-refractivity contribution is 0.0792. The molecular formula is C19H22ClN3O2S. The minimum Gasteiger partial charge on any atom is -0.352 e. The van der Waals surface area contributed by atoms with E-state index >= 15 is 0 Å². The summed E-state index contributed by atoms with van der Waals surface area (Å²) in [5.74, 6) is -0.213.